The molecule has 0 unspecified atom stereocenters. The van der Waals surface area contributed by atoms with Gasteiger partial charge in [-0.1, -0.05) is 19.9 Å². The first kappa shape index (κ1) is 23.4. The van der Waals surface area contributed by atoms with E-state index in [4.69, 9.17) is 10.5 Å². The summed E-state index contributed by atoms with van der Waals surface area (Å²) in [5, 5.41) is 6.24. The predicted octanol–water partition coefficient (Wildman–Crippen LogP) is 3.87. The summed E-state index contributed by atoms with van der Waals surface area (Å²) in [6.45, 7) is 9.88. The van der Waals surface area contributed by atoms with Crippen molar-refractivity contribution < 1.29 is 19.1 Å². The molecule has 0 bridgehead atoms. The lowest BCUT2D eigenvalue weighted by atomic mass is 9.71. The van der Waals surface area contributed by atoms with E-state index in [2.05, 4.69) is 15.6 Å². The van der Waals surface area contributed by atoms with E-state index in [0.717, 1.165) is 22.2 Å². The maximum atomic E-state index is 13.4. The van der Waals surface area contributed by atoms with Crippen LogP contribution in [-0.2, 0) is 10.2 Å². The number of aromatic amines is 1. The number of hydrogen-bond donors (Lipinski definition) is 4. The highest BCUT2D eigenvalue weighted by Crippen LogP contribution is 2.44. The summed E-state index contributed by atoms with van der Waals surface area (Å²) in [5.41, 5.74) is 9.53. The highest BCUT2D eigenvalue weighted by atomic mass is 16.6. The van der Waals surface area contributed by atoms with Crippen LogP contribution in [0.1, 0.15) is 72.2 Å². The van der Waals surface area contributed by atoms with Crippen molar-refractivity contribution in [1.82, 2.24) is 15.6 Å². The molecule has 0 saturated heterocycles. The Morgan fingerprint density at radius 3 is 2.47 bits per heavy atom. The van der Waals surface area contributed by atoms with Gasteiger partial charge in [0.2, 0.25) is 0 Å². The second-order valence-corrected chi connectivity index (χ2v) is 10.1. The fourth-order valence-corrected chi connectivity index (χ4v) is 4.35. The van der Waals surface area contributed by atoms with E-state index in [1.54, 1.807) is 45.0 Å². The second kappa shape index (κ2) is 8.20. The Balaban J connectivity index is 1.53. The number of rotatable bonds is 4. The minimum atomic E-state index is -0.585. The Bertz CT molecular complexity index is 1310. The third kappa shape index (κ3) is 4.23. The van der Waals surface area contributed by atoms with Crippen LogP contribution in [0.4, 0.5) is 10.5 Å². The largest absolute Gasteiger partial charge is 0.444 e. The van der Waals surface area contributed by atoms with Crippen LogP contribution in [-0.4, -0.2) is 41.5 Å². The number of H-pyrrole nitrogens is 1. The zero-order valence-electron chi connectivity index (χ0n) is 20.1. The maximum absolute atomic E-state index is 13.4. The van der Waals surface area contributed by atoms with Crippen LogP contribution < -0.4 is 16.4 Å². The van der Waals surface area contributed by atoms with Crippen molar-refractivity contribution >= 4 is 34.4 Å². The maximum Gasteiger partial charge on any atom is 0.407 e. The molecule has 34 heavy (non-hydrogen) atoms. The number of fused-ring (bicyclic) bond motifs is 4. The van der Waals surface area contributed by atoms with E-state index in [-0.39, 0.29) is 24.8 Å². The number of nitrogens with two attached hydrogens (primary N) is 1. The Labute approximate surface area is 198 Å². The third-order valence-corrected chi connectivity index (χ3v) is 5.95. The van der Waals surface area contributed by atoms with E-state index in [1.165, 1.54) is 0 Å². The number of ketones is 1. The molecule has 0 aliphatic heterocycles. The van der Waals surface area contributed by atoms with Crippen LogP contribution in [0, 0.1) is 0 Å². The normalized spacial score (nSPS) is 14.3. The Kier molecular flexibility index (Phi) is 5.63. The van der Waals surface area contributed by atoms with Gasteiger partial charge in [-0.15, -0.1) is 0 Å². The smallest absolute Gasteiger partial charge is 0.407 e. The summed E-state index contributed by atoms with van der Waals surface area (Å²) in [7, 11) is 0. The lowest BCUT2D eigenvalue weighted by molar-refractivity contribution is 0.0526. The third-order valence-electron chi connectivity index (χ3n) is 5.95. The molecule has 4 rings (SSSR count). The Hall–Kier alpha value is -3.81. The molecule has 0 saturated carbocycles. The molecular weight excluding hydrogens is 432 g/mol. The van der Waals surface area contributed by atoms with Gasteiger partial charge >= 0.3 is 6.09 Å². The molecule has 3 aromatic rings. The monoisotopic (exact) mass is 462 g/mol. The number of nitrogen functional groups attached to an aromatic ring is 1. The summed E-state index contributed by atoms with van der Waals surface area (Å²) < 4.78 is 5.18. The zero-order chi connectivity index (χ0) is 24.8. The summed E-state index contributed by atoms with van der Waals surface area (Å²) >= 11 is 0. The minimum absolute atomic E-state index is 0.0751. The predicted molar refractivity (Wildman–Crippen MR) is 131 cm³/mol. The first-order valence-electron chi connectivity index (χ1n) is 11.2. The number of carbonyl (C=O) groups excluding carboxylic acids is 3. The Morgan fingerprint density at radius 2 is 1.76 bits per heavy atom. The number of anilines is 1. The minimum Gasteiger partial charge on any atom is -0.444 e. The molecule has 0 fully saturated rings. The quantitative estimate of drug-likeness (QED) is 0.346. The van der Waals surface area contributed by atoms with Gasteiger partial charge in [-0.05, 0) is 56.7 Å². The molecule has 0 spiro atoms. The van der Waals surface area contributed by atoms with Gasteiger partial charge in [0, 0.05) is 51.9 Å². The van der Waals surface area contributed by atoms with Crippen molar-refractivity contribution in [2.45, 2.75) is 45.6 Å². The van der Waals surface area contributed by atoms with E-state index >= 15 is 0 Å². The number of amides is 2. The fourth-order valence-electron chi connectivity index (χ4n) is 4.35. The topological polar surface area (TPSA) is 126 Å². The number of ether oxygens (including phenoxy) is 1. The highest BCUT2D eigenvalue weighted by molar-refractivity contribution is 6.20. The van der Waals surface area contributed by atoms with Gasteiger partial charge in [-0.25, -0.2) is 4.79 Å². The molecule has 8 heteroatoms. The summed E-state index contributed by atoms with van der Waals surface area (Å²) in [6, 6.07) is 10.6. The van der Waals surface area contributed by atoms with Crippen molar-refractivity contribution in [1.29, 1.82) is 0 Å². The van der Waals surface area contributed by atoms with Crippen molar-refractivity contribution in [2.75, 3.05) is 18.8 Å². The van der Waals surface area contributed by atoms with Crippen LogP contribution in [0.15, 0.2) is 36.4 Å². The van der Waals surface area contributed by atoms with Crippen LogP contribution in [0.25, 0.3) is 10.9 Å². The summed E-state index contributed by atoms with van der Waals surface area (Å²) in [6.07, 6.45) is -0.535. The van der Waals surface area contributed by atoms with Gasteiger partial charge < -0.3 is 26.1 Å². The molecule has 1 aliphatic carbocycles. The molecule has 2 amide bonds. The molecule has 1 aromatic heterocycles. The van der Waals surface area contributed by atoms with Crippen LogP contribution >= 0.6 is 0 Å². The highest BCUT2D eigenvalue weighted by Gasteiger charge is 2.40. The number of hydrogen-bond acceptors (Lipinski definition) is 5. The molecule has 0 atom stereocenters. The van der Waals surface area contributed by atoms with E-state index in [0.29, 0.717) is 22.4 Å². The van der Waals surface area contributed by atoms with Crippen LogP contribution in [0.5, 0.6) is 0 Å². The fraction of sp³-hybridized carbons (Fsp3) is 0.346. The molecule has 8 nitrogen and oxygen atoms in total. The first-order valence-corrected chi connectivity index (χ1v) is 11.2. The van der Waals surface area contributed by atoms with Gasteiger partial charge in [-0.2, -0.15) is 0 Å². The molecule has 1 heterocycles. The van der Waals surface area contributed by atoms with Crippen molar-refractivity contribution in [3.63, 3.8) is 0 Å². The average molecular weight is 463 g/mol. The molecule has 178 valence electrons. The van der Waals surface area contributed by atoms with E-state index < -0.39 is 17.1 Å². The van der Waals surface area contributed by atoms with Gasteiger partial charge in [0.25, 0.3) is 5.91 Å². The molecule has 0 radical (unpaired) electrons. The first-order chi connectivity index (χ1) is 15.9. The van der Waals surface area contributed by atoms with Gasteiger partial charge in [0.05, 0.1) is 5.56 Å². The number of carbonyl (C=O) groups is 3. The molecular formula is C26H30N4O4. The van der Waals surface area contributed by atoms with E-state index in [1.807, 2.05) is 26.0 Å². The standard InChI is InChI=1S/C26H30N4O4/c1-25(2,3)34-24(33)29-11-10-28-23(32)14-6-8-16-18(12-14)26(4,5)22-20(21(16)31)17-9-7-15(27)13-19(17)30-22/h6-9,12-13,30H,10-11,27H2,1-5H3,(H,28,32)(H,29,33). The van der Waals surface area contributed by atoms with Gasteiger partial charge in [-0.3, -0.25) is 9.59 Å². The molecule has 2 aromatic carbocycles. The van der Waals surface area contributed by atoms with Crippen LogP contribution in [0.3, 0.4) is 0 Å². The lowest BCUT2D eigenvalue weighted by Gasteiger charge is -2.32. The summed E-state index contributed by atoms with van der Waals surface area (Å²) in [4.78, 5) is 41.3. The van der Waals surface area contributed by atoms with E-state index in [9.17, 15) is 14.4 Å². The number of benzene rings is 2. The number of aromatic nitrogens is 1. The number of alkyl carbamates (subject to hydrolysis) is 1. The second-order valence-electron chi connectivity index (χ2n) is 10.1. The molecule has 5 N–H and O–H groups in total. The summed E-state index contributed by atoms with van der Waals surface area (Å²) in [5.74, 6) is -0.360. The van der Waals surface area contributed by atoms with Gasteiger partial charge in [0.15, 0.2) is 5.78 Å². The van der Waals surface area contributed by atoms with Gasteiger partial charge in [0.1, 0.15) is 5.60 Å². The van der Waals surface area contributed by atoms with Crippen molar-refractivity contribution in [2.24, 2.45) is 0 Å². The van der Waals surface area contributed by atoms with Crippen LogP contribution in [0.2, 0.25) is 0 Å². The molecule has 1 aliphatic rings. The SMILES string of the molecule is CC(C)(C)OC(=O)NCCNC(=O)c1ccc2c(c1)C(C)(C)c1[nH]c3cc(N)ccc3c1C2=O. The Morgan fingerprint density at radius 1 is 1.06 bits per heavy atom. The number of nitrogens with one attached hydrogen (secondary N) is 3. The van der Waals surface area contributed by atoms with Crippen molar-refractivity contribution in [3.8, 4) is 0 Å². The zero-order valence-corrected chi connectivity index (χ0v) is 20.1. The van der Waals surface area contributed by atoms with Crippen molar-refractivity contribution in [3.05, 3.63) is 64.3 Å². The lowest BCUT2D eigenvalue weighted by Crippen LogP contribution is -2.38. The average Bonchev–Trinajstić information content (AvgIpc) is 3.13.